The molecule has 7 heteroatoms. The van der Waals surface area contributed by atoms with E-state index in [-0.39, 0.29) is 40.2 Å². The smallest absolute Gasteiger partial charge is 0.305 e. The minimum Gasteiger partial charge on any atom is -0.481 e. The van der Waals surface area contributed by atoms with Crippen molar-refractivity contribution in [3.05, 3.63) is 0 Å². The lowest BCUT2D eigenvalue weighted by atomic mass is 9.73. The Bertz CT molecular complexity index is 654. The Morgan fingerprint density at radius 3 is 1.47 bits per heavy atom. The third-order valence-corrected chi connectivity index (χ3v) is 16.8. The Balaban J connectivity index is 6.09. The molecule has 0 heterocycles. The highest BCUT2D eigenvalue weighted by Crippen LogP contribution is 2.43. The van der Waals surface area contributed by atoms with E-state index in [2.05, 4.69) is 81.6 Å². The van der Waals surface area contributed by atoms with E-state index in [4.69, 9.17) is 8.85 Å². The van der Waals surface area contributed by atoms with E-state index in [0.717, 1.165) is 0 Å². The van der Waals surface area contributed by atoms with Crippen molar-refractivity contribution in [1.29, 1.82) is 0 Å². The molecule has 0 aliphatic rings. The van der Waals surface area contributed by atoms with Gasteiger partial charge in [0.1, 0.15) is 5.78 Å². The van der Waals surface area contributed by atoms with E-state index < -0.39 is 34.1 Å². The summed E-state index contributed by atoms with van der Waals surface area (Å²) in [6, 6.07) is 0. The molecule has 0 fully saturated rings. The van der Waals surface area contributed by atoms with Crippen molar-refractivity contribution in [2.45, 2.75) is 131 Å². The molecule has 0 bridgehead atoms. The van der Waals surface area contributed by atoms with Gasteiger partial charge in [0.2, 0.25) is 0 Å². The first-order valence-corrected chi connectivity index (χ1v) is 17.8. The number of carbonyl (C=O) groups is 2. The molecule has 0 aliphatic heterocycles. The first kappa shape index (κ1) is 31.5. The minimum absolute atomic E-state index is 0.0138. The second-order valence-corrected chi connectivity index (χ2v) is 22.9. The van der Waals surface area contributed by atoms with Crippen LogP contribution in [0.2, 0.25) is 36.3 Å². The maximum atomic E-state index is 13.9. The normalized spacial score (nSPS) is 17.2. The number of carboxylic acid groups (broad SMARTS) is 1. The van der Waals surface area contributed by atoms with Gasteiger partial charge >= 0.3 is 5.97 Å². The highest BCUT2D eigenvalue weighted by molar-refractivity contribution is 6.74. The van der Waals surface area contributed by atoms with Gasteiger partial charge in [-0.1, -0.05) is 76.2 Å². The van der Waals surface area contributed by atoms with Crippen molar-refractivity contribution in [2.75, 3.05) is 0 Å². The van der Waals surface area contributed by atoms with Crippen LogP contribution >= 0.6 is 0 Å². The van der Waals surface area contributed by atoms with Gasteiger partial charge in [0, 0.05) is 11.3 Å². The maximum absolute atomic E-state index is 13.9. The topological polar surface area (TPSA) is 72.8 Å². The molecule has 32 heavy (non-hydrogen) atoms. The van der Waals surface area contributed by atoms with Gasteiger partial charge in [-0.25, -0.2) is 0 Å². The SMILES string of the molecule is CC(C)[C@H](O[Si](C)(C)C(C)(C)C)[C@@H](C)C(=O)C(C)(C)[C@H](CC(=O)O)O[Si](C)(C)C(C)(C)C. The van der Waals surface area contributed by atoms with Crippen LogP contribution in [0.3, 0.4) is 0 Å². The molecule has 0 spiro atoms. The van der Waals surface area contributed by atoms with E-state index in [1.165, 1.54) is 0 Å². The van der Waals surface area contributed by atoms with Crippen molar-refractivity contribution in [3.63, 3.8) is 0 Å². The summed E-state index contributed by atoms with van der Waals surface area (Å²) in [4.78, 5) is 25.6. The van der Waals surface area contributed by atoms with Crippen LogP contribution in [-0.4, -0.2) is 45.7 Å². The van der Waals surface area contributed by atoms with Gasteiger partial charge in [0.15, 0.2) is 16.6 Å². The van der Waals surface area contributed by atoms with Gasteiger partial charge in [-0.05, 0) is 42.2 Å². The van der Waals surface area contributed by atoms with Crippen LogP contribution in [0.15, 0.2) is 0 Å². The van der Waals surface area contributed by atoms with Crippen molar-refractivity contribution in [3.8, 4) is 0 Å². The second kappa shape index (κ2) is 10.4. The van der Waals surface area contributed by atoms with Gasteiger partial charge < -0.3 is 14.0 Å². The lowest BCUT2D eigenvalue weighted by Gasteiger charge is -2.46. The van der Waals surface area contributed by atoms with Crippen LogP contribution in [0.1, 0.15) is 82.6 Å². The van der Waals surface area contributed by atoms with E-state index >= 15 is 0 Å². The fourth-order valence-electron chi connectivity index (χ4n) is 3.36. The second-order valence-electron chi connectivity index (χ2n) is 13.4. The van der Waals surface area contributed by atoms with Gasteiger partial charge in [0.25, 0.3) is 0 Å². The Morgan fingerprint density at radius 1 is 0.781 bits per heavy atom. The molecule has 5 nitrogen and oxygen atoms in total. The number of ketones is 1. The fourth-order valence-corrected chi connectivity index (χ4v) is 6.32. The first-order valence-electron chi connectivity index (χ1n) is 12.0. The number of carboxylic acids is 1. The van der Waals surface area contributed by atoms with Crippen LogP contribution in [0, 0.1) is 17.3 Å². The van der Waals surface area contributed by atoms with Crippen LogP contribution in [-0.2, 0) is 18.4 Å². The molecule has 0 aromatic rings. The third-order valence-electron chi connectivity index (χ3n) is 7.84. The fraction of sp³-hybridized carbons (Fsp3) is 0.920. The molecule has 0 aromatic heterocycles. The molecule has 3 atom stereocenters. The largest absolute Gasteiger partial charge is 0.481 e. The summed E-state index contributed by atoms with van der Waals surface area (Å²) in [7, 11) is -4.36. The zero-order valence-electron chi connectivity index (χ0n) is 23.6. The van der Waals surface area contributed by atoms with E-state index in [1.54, 1.807) is 0 Å². The number of Topliss-reactive ketones (excluding diaryl/α,β-unsaturated/α-hetero) is 1. The zero-order chi connectivity index (χ0) is 26.1. The van der Waals surface area contributed by atoms with Crippen LogP contribution < -0.4 is 0 Å². The van der Waals surface area contributed by atoms with Gasteiger partial charge in [-0.2, -0.15) is 0 Å². The predicted octanol–water partition coefficient (Wildman–Crippen LogP) is 7.13. The number of aliphatic carboxylic acids is 1. The Hall–Kier alpha value is -0.506. The summed E-state index contributed by atoms with van der Waals surface area (Å²) in [5.74, 6) is -1.13. The third kappa shape index (κ3) is 7.78. The molecule has 0 aromatic carbocycles. The molecular formula is C25H52O5Si2. The summed E-state index contributed by atoms with van der Waals surface area (Å²) in [6.45, 7) is 31.4. The number of hydrogen-bond acceptors (Lipinski definition) is 4. The van der Waals surface area contributed by atoms with Crippen LogP contribution in [0.4, 0.5) is 0 Å². The zero-order valence-corrected chi connectivity index (χ0v) is 25.6. The lowest BCUT2D eigenvalue weighted by molar-refractivity contribution is -0.146. The van der Waals surface area contributed by atoms with Crippen molar-refractivity contribution >= 4 is 28.4 Å². The Labute approximate surface area is 200 Å². The highest BCUT2D eigenvalue weighted by Gasteiger charge is 2.49. The lowest BCUT2D eigenvalue weighted by Crippen LogP contribution is -2.54. The summed E-state index contributed by atoms with van der Waals surface area (Å²) < 4.78 is 13.3. The van der Waals surface area contributed by atoms with Gasteiger partial charge in [0.05, 0.1) is 18.6 Å². The molecule has 0 amide bonds. The summed E-state index contributed by atoms with van der Waals surface area (Å²) in [5.41, 5.74) is -0.947. The summed E-state index contributed by atoms with van der Waals surface area (Å²) >= 11 is 0. The molecule has 0 saturated carbocycles. The van der Waals surface area contributed by atoms with Crippen molar-refractivity contribution < 1.29 is 23.5 Å². The monoisotopic (exact) mass is 488 g/mol. The van der Waals surface area contributed by atoms with Gasteiger partial charge in [-0.15, -0.1) is 0 Å². The minimum atomic E-state index is -2.28. The average Bonchev–Trinajstić information content (AvgIpc) is 2.54. The summed E-state index contributed by atoms with van der Waals surface area (Å²) in [6.07, 6.45) is -1.09. The molecule has 0 saturated heterocycles. The standard InChI is InChI=1S/C25H52O5Si2/c1-17(2)21(30-32(14,15)24(7,8)9)18(3)22(28)25(10,11)19(16-20(26)27)29-31(12,13)23(4,5)6/h17-19,21H,16H2,1-15H3,(H,26,27)/t18-,19+,21+/m1/s1. The quantitative estimate of drug-likeness (QED) is 0.313. The molecule has 0 aliphatic carbocycles. The van der Waals surface area contributed by atoms with Crippen molar-refractivity contribution in [1.82, 2.24) is 0 Å². The first-order chi connectivity index (χ1) is 13.9. The number of carbonyl (C=O) groups excluding carboxylic acids is 1. The predicted molar refractivity (Wildman–Crippen MR) is 139 cm³/mol. The molecule has 190 valence electrons. The van der Waals surface area contributed by atoms with Gasteiger partial charge in [-0.3, -0.25) is 9.59 Å². The van der Waals surface area contributed by atoms with E-state index in [9.17, 15) is 14.7 Å². The Kier molecular flexibility index (Phi) is 10.2. The molecule has 0 unspecified atom stereocenters. The Morgan fingerprint density at radius 2 is 1.16 bits per heavy atom. The molecule has 0 rings (SSSR count). The van der Waals surface area contributed by atoms with Crippen LogP contribution in [0.5, 0.6) is 0 Å². The molecule has 0 radical (unpaired) electrons. The number of hydrogen-bond donors (Lipinski definition) is 1. The average molecular weight is 489 g/mol. The highest BCUT2D eigenvalue weighted by atomic mass is 28.4. The van der Waals surface area contributed by atoms with E-state index in [1.807, 2.05) is 20.8 Å². The maximum Gasteiger partial charge on any atom is 0.305 e. The summed E-state index contributed by atoms with van der Waals surface area (Å²) in [5, 5.41) is 9.57. The van der Waals surface area contributed by atoms with Crippen molar-refractivity contribution in [2.24, 2.45) is 17.3 Å². The van der Waals surface area contributed by atoms with E-state index in [0.29, 0.717) is 0 Å². The number of rotatable bonds is 11. The molecular weight excluding hydrogens is 436 g/mol. The van der Waals surface area contributed by atoms with Crippen LogP contribution in [0.25, 0.3) is 0 Å². The molecule has 1 N–H and O–H groups in total.